The molecule has 1 aromatic carbocycles. The smallest absolute Gasteiger partial charge is 0.407 e. The van der Waals surface area contributed by atoms with Crippen LogP contribution in [0.15, 0.2) is 48.7 Å². The summed E-state index contributed by atoms with van der Waals surface area (Å²) in [4.78, 5) is 26.0. The van der Waals surface area contributed by atoms with Crippen LogP contribution in [0.1, 0.15) is 21.6 Å². The maximum absolute atomic E-state index is 11.5. The molecule has 2 N–H and O–H groups in total. The number of benzene rings is 1. The van der Waals surface area contributed by atoms with E-state index in [1.54, 1.807) is 6.07 Å². The average Bonchev–Trinajstić information content (AvgIpc) is 2.54. The Balaban J connectivity index is 1.69. The van der Waals surface area contributed by atoms with Gasteiger partial charge < -0.3 is 15.2 Å². The van der Waals surface area contributed by atoms with Crippen LogP contribution in [-0.4, -0.2) is 28.7 Å². The number of amides is 1. The van der Waals surface area contributed by atoms with Crippen molar-refractivity contribution in [2.45, 2.75) is 13.0 Å². The van der Waals surface area contributed by atoms with E-state index in [0.29, 0.717) is 13.0 Å². The number of hydrogen-bond acceptors (Lipinski definition) is 4. The number of hydrogen-bond donors (Lipinski definition) is 2. The molecule has 0 aliphatic rings. The van der Waals surface area contributed by atoms with Gasteiger partial charge >= 0.3 is 12.1 Å². The molecule has 0 saturated carbocycles. The topological polar surface area (TPSA) is 88.5 Å². The summed E-state index contributed by atoms with van der Waals surface area (Å²) in [5.41, 5.74) is 1.76. The zero-order chi connectivity index (χ0) is 15.8. The second kappa shape index (κ2) is 7.78. The average molecular weight is 300 g/mol. The molecule has 2 rings (SSSR count). The Morgan fingerprint density at radius 3 is 2.50 bits per heavy atom. The van der Waals surface area contributed by atoms with E-state index < -0.39 is 12.1 Å². The first kappa shape index (κ1) is 15.5. The van der Waals surface area contributed by atoms with Gasteiger partial charge in [-0.05, 0) is 23.6 Å². The van der Waals surface area contributed by atoms with Gasteiger partial charge in [0.1, 0.15) is 12.3 Å². The first-order chi connectivity index (χ1) is 10.6. The van der Waals surface area contributed by atoms with Gasteiger partial charge in [0.05, 0.1) is 0 Å². The molecular formula is C16H16N2O4. The summed E-state index contributed by atoms with van der Waals surface area (Å²) < 4.78 is 5.07. The zero-order valence-electron chi connectivity index (χ0n) is 11.9. The third-order valence-corrected chi connectivity index (χ3v) is 2.94. The van der Waals surface area contributed by atoms with Crippen molar-refractivity contribution in [3.63, 3.8) is 0 Å². The van der Waals surface area contributed by atoms with Gasteiger partial charge in [-0.1, -0.05) is 36.4 Å². The number of carbonyl (C=O) groups excluding carboxylic acids is 1. The third kappa shape index (κ3) is 4.90. The number of ether oxygens (including phenoxy) is 1. The quantitative estimate of drug-likeness (QED) is 0.854. The van der Waals surface area contributed by atoms with Crippen molar-refractivity contribution >= 4 is 12.1 Å². The fourth-order valence-corrected chi connectivity index (χ4v) is 1.78. The van der Waals surface area contributed by atoms with Crippen LogP contribution in [0.4, 0.5) is 4.79 Å². The number of rotatable bonds is 6. The minimum absolute atomic E-state index is 0.000944. The summed E-state index contributed by atoms with van der Waals surface area (Å²) in [7, 11) is 0. The van der Waals surface area contributed by atoms with Crippen LogP contribution >= 0.6 is 0 Å². The molecule has 1 heterocycles. The Labute approximate surface area is 127 Å². The lowest BCUT2D eigenvalue weighted by molar-refractivity contribution is 0.0690. The van der Waals surface area contributed by atoms with Gasteiger partial charge in [0.2, 0.25) is 0 Å². The molecule has 0 spiro atoms. The lowest BCUT2D eigenvalue weighted by atomic mass is 10.2. The minimum atomic E-state index is -1.06. The zero-order valence-corrected chi connectivity index (χ0v) is 11.9. The molecule has 0 fully saturated rings. The molecule has 0 atom stereocenters. The van der Waals surface area contributed by atoms with Crippen molar-refractivity contribution in [3.05, 3.63) is 65.5 Å². The molecule has 0 radical (unpaired) electrons. The van der Waals surface area contributed by atoms with E-state index in [1.807, 2.05) is 30.3 Å². The fourth-order valence-electron chi connectivity index (χ4n) is 1.78. The molecule has 0 aliphatic heterocycles. The fraction of sp³-hybridized carbons (Fsp3) is 0.188. The predicted molar refractivity (Wildman–Crippen MR) is 79.5 cm³/mol. The number of carbonyl (C=O) groups is 2. The number of aromatic nitrogens is 1. The maximum atomic E-state index is 11.5. The molecule has 0 aliphatic carbocycles. The van der Waals surface area contributed by atoms with Crippen LogP contribution in [-0.2, 0) is 17.8 Å². The Bertz CT molecular complexity index is 626. The third-order valence-electron chi connectivity index (χ3n) is 2.94. The van der Waals surface area contributed by atoms with Crippen LogP contribution in [0.25, 0.3) is 0 Å². The standard InChI is InChI=1S/C16H16N2O4/c19-15(20)14-7-6-12(10-18-14)8-9-17-16(21)22-11-13-4-2-1-3-5-13/h1-7,10H,8-9,11H2,(H,17,21)(H,19,20). The van der Waals surface area contributed by atoms with Crippen LogP contribution in [0, 0.1) is 0 Å². The summed E-state index contributed by atoms with van der Waals surface area (Å²) in [6.45, 7) is 0.614. The molecule has 1 amide bonds. The lowest BCUT2D eigenvalue weighted by Gasteiger charge is -2.07. The largest absolute Gasteiger partial charge is 0.477 e. The minimum Gasteiger partial charge on any atom is -0.477 e. The van der Waals surface area contributed by atoms with Crippen molar-refractivity contribution in [2.24, 2.45) is 0 Å². The van der Waals surface area contributed by atoms with Gasteiger partial charge in [-0.2, -0.15) is 0 Å². The van der Waals surface area contributed by atoms with E-state index in [4.69, 9.17) is 9.84 Å². The van der Waals surface area contributed by atoms with E-state index in [0.717, 1.165) is 11.1 Å². The van der Waals surface area contributed by atoms with Gasteiger partial charge in [0.25, 0.3) is 0 Å². The van der Waals surface area contributed by atoms with E-state index in [1.165, 1.54) is 12.3 Å². The number of carboxylic acid groups (broad SMARTS) is 1. The van der Waals surface area contributed by atoms with Crippen molar-refractivity contribution in [1.29, 1.82) is 0 Å². The van der Waals surface area contributed by atoms with Crippen molar-refractivity contribution < 1.29 is 19.4 Å². The van der Waals surface area contributed by atoms with Crippen molar-refractivity contribution in [1.82, 2.24) is 10.3 Å². The van der Waals surface area contributed by atoms with E-state index in [-0.39, 0.29) is 12.3 Å². The van der Waals surface area contributed by atoms with Gasteiger partial charge in [0, 0.05) is 12.7 Å². The maximum Gasteiger partial charge on any atom is 0.407 e. The first-order valence-corrected chi connectivity index (χ1v) is 6.78. The van der Waals surface area contributed by atoms with Gasteiger partial charge in [0.15, 0.2) is 0 Å². The molecule has 114 valence electrons. The summed E-state index contributed by atoms with van der Waals surface area (Å²) in [5.74, 6) is -1.06. The number of pyridine rings is 1. The monoisotopic (exact) mass is 300 g/mol. The Kier molecular flexibility index (Phi) is 5.48. The Hall–Kier alpha value is -2.89. The van der Waals surface area contributed by atoms with Crippen molar-refractivity contribution in [3.8, 4) is 0 Å². The van der Waals surface area contributed by atoms with E-state index in [9.17, 15) is 9.59 Å². The SMILES string of the molecule is O=C(NCCc1ccc(C(=O)O)nc1)OCc1ccccc1. The highest BCUT2D eigenvalue weighted by Gasteiger charge is 2.05. The van der Waals surface area contributed by atoms with E-state index >= 15 is 0 Å². The summed E-state index contributed by atoms with van der Waals surface area (Å²) in [5, 5.41) is 11.4. The highest BCUT2D eigenvalue weighted by atomic mass is 16.5. The second-order valence-electron chi connectivity index (χ2n) is 4.60. The number of carboxylic acids is 1. The number of aromatic carboxylic acids is 1. The molecule has 6 nitrogen and oxygen atoms in total. The Morgan fingerprint density at radius 1 is 1.09 bits per heavy atom. The number of nitrogens with one attached hydrogen (secondary N) is 1. The number of alkyl carbamates (subject to hydrolysis) is 1. The molecule has 1 aromatic heterocycles. The van der Waals surface area contributed by atoms with Crippen LogP contribution in [0.3, 0.4) is 0 Å². The van der Waals surface area contributed by atoms with Gasteiger partial charge in [-0.15, -0.1) is 0 Å². The molecule has 0 bridgehead atoms. The Morgan fingerprint density at radius 2 is 1.86 bits per heavy atom. The second-order valence-corrected chi connectivity index (χ2v) is 4.60. The van der Waals surface area contributed by atoms with Gasteiger partial charge in [-0.3, -0.25) is 0 Å². The molecule has 0 saturated heterocycles. The normalized spacial score (nSPS) is 10.0. The molecule has 22 heavy (non-hydrogen) atoms. The molecule has 0 unspecified atom stereocenters. The summed E-state index contributed by atoms with van der Waals surface area (Å²) >= 11 is 0. The molecule has 2 aromatic rings. The summed E-state index contributed by atoms with van der Waals surface area (Å²) in [6.07, 6.45) is 1.55. The first-order valence-electron chi connectivity index (χ1n) is 6.78. The van der Waals surface area contributed by atoms with E-state index in [2.05, 4.69) is 10.3 Å². The van der Waals surface area contributed by atoms with Crippen LogP contribution in [0.2, 0.25) is 0 Å². The van der Waals surface area contributed by atoms with Gasteiger partial charge in [-0.25, -0.2) is 14.6 Å². The van der Waals surface area contributed by atoms with Crippen LogP contribution < -0.4 is 5.32 Å². The molecule has 6 heteroatoms. The highest BCUT2D eigenvalue weighted by molar-refractivity contribution is 5.85. The predicted octanol–water partition coefficient (Wildman–Crippen LogP) is 2.25. The number of nitrogens with zero attached hydrogens (tertiary/aromatic N) is 1. The van der Waals surface area contributed by atoms with Crippen molar-refractivity contribution in [2.75, 3.05) is 6.54 Å². The van der Waals surface area contributed by atoms with Crippen LogP contribution in [0.5, 0.6) is 0 Å². The highest BCUT2D eigenvalue weighted by Crippen LogP contribution is 2.02. The summed E-state index contributed by atoms with van der Waals surface area (Å²) in [6, 6.07) is 12.5. The lowest BCUT2D eigenvalue weighted by Crippen LogP contribution is -2.26. The molecular weight excluding hydrogens is 284 g/mol.